The second kappa shape index (κ2) is 8.89. The van der Waals surface area contributed by atoms with Gasteiger partial charge in [-0.25, -0.2) is 13.1 Å². The first-order valence-corrected chi connectivity index (χ1v) is 10.6. The van der Waals surface area contributed by atoms with E-state index in [1.54, 1.807) is 26.4 Å². The highest BCUT2D eigenvalue weighted by molar-refractivity contribution is 7.89. The molecule has 0 aliphatic carbocycles. The molecule has 1 aliphatic heterocycles. The first kappa shape index (κ1) is 21.2. The molecule has 1 unspecified atom stereocenters. The predicted octanol–water partition coefficient (Wildman–Crippen LogP) is 2.06. The van der Waals surface area contributed by atoms with Crippen LogP contribution in [0.4, 0.5) is 0 Å². The van der Waals surface area contributed by atoms with Crippen LogP contribution in [0.5, 0.6) is 23.0 Å². The number of methoxy groups -OCH3 is 2. The molecule has 0 fully saturated rings. The molecule has 158 valence electrons. The number of sulfonamides is 1. The van der Waals surface area contributed by atoms with Gasteiger partial charge in [0, 0.05) is 18.7 Å². The third kappa shape index (κ3) is 4.75. The van der Waals surface area contributed by atoms with Crippen molar-refractivity contribution in [1.29, 1.82) is 0 Å². The average Bonchev–Trinajstić information content (AvgIpc) is 2.73. The summed E-state index contributed by atoms with van der Waals surface area (Å²) >= 11 is 0. The zero-order valence-electron chi connectivity index (χ0n) is 17.0. The van der Waals surface area contributed by atoms with Crippen molar-refractivity contribution in [3.05, 3.63) is 42.0 Å². The summed E-state index contributed by atoms with van der Waals surface area (Å²) in [5.74, 6) is 2.19. The Hall–Kier alpha value is -2.49. The summed E-state index contributed by atoms with van der Waals surface area (Å²) in [7, 11) is 3.19. The van der Waals surface area contributed by atoms with Gasteiger partial charge in [0.1, 0.15) is 13.2 Å². The molecule has 3 rings (SSSR count). The number of nitrogens with one attached hydrogen (secondary N) is 1. The van der Waals surface area contributed by atoms with E-state index >= 15 is 0 Å². The first-order chi connectivity index (χ1) is 13.9. The third-order valence-corrected chi connectivity index (χ3v) is 6.13. The molecule has 1 N–H and O–H groups in total. The second-order valence-corrected chi connectivity index (χ2v) is 8.52. The Morgan fingerprint density at radius 1 is 1.00 bits per heavy atom. The van der Waals surface area contributed by atoms with Crippen LogP contribution >= 0.6 is 0 Å². The summed E-state index contributed by atoms with van der Waals surface area (Å²) in [6, 6.07) is 9.95. The summed E-state index contributed by atoms with van der Waals surface area (Å²) < 4.78 is 49.9. The fourth-order valence-electron chi connectivity index (χ4n) is 3.12. The fraction of sp³-hybridized carbons (Fsp3) is 0.400. The topological polar surface area (TPSA) is 86.3 Å². The Balaban J connectivity index is 1.80. The largest absolute Gasteiger partial charge is 0.493 e. The maximum absolute atomic E-state index is 12.8. The number of ether oxygens (including phenoxy) is 4. The van der Waals surface area contributed by atoms with Gasteiger partial charge in [-0.05, 0) is 43.9 Å². The van der Waals surface area contributed by atoms with Crippen LogP contribution < -0.4 is 23.7 Å². The molecular formula is C20H26N2O6S. The van der Waals surface area contributed by atoms with Gasteiger partial charge in [0.15, 0.2) is 23.0 Å². The molecule has 2 aromatic carbocycles. The Kier molecular flexibility index (Phi) is 6.51. The number of hydrogen-bond acceptors (Lipinski definition) is 7. The van der Waals surface area contributed by atoms with Gasteiger partial charge in [-0.1, -0.05) is 6.07 Å². The lowest BCUT2D eigenvalue weighted by Gasteiger charge is -2.26. The van der Waals surface area contributed by atoms with Crippen LogP contribution in [0.2, 0.25) is 0 Å². The smallest absolute Gasteiger partial charge is 0.240 e. The lowest BCUT2D eigenvalue weighted by atomic mass is 10.1. The number of benzene rings is 2. The molecule has 0 bridgehead atoms. The number of rotatable bonds is 8. The lowest BCUT2D eigenvalue weighted by Crippen LogP contribution is -2.34. The van der Waals surface area contributed by atoms with Gasteiger partial charge >= 0.3 is 0 Å². The van der Waals surface area contributed by atoms with Crippen molar-refractivity contribution in [3.8, 4) is 23.0 Å². The molecule has 0 radical (unpaired) electrons. The van der Waals surface area contributed by atoms with Crippen LogP contribution in [0.15, 0.2) is 41.3 Å². The number of likely N-dealkylation sites (N-methyl/N-ethyl adjacent to an activating group) is 1. The monoisotopic (exact) mass is 422 g/mol. The molecule has 2 aromatic rings. The summed E-state index contributed by atoms with van der Waals surface area (Å²) in [6.45, 7) is 1.03. The first-order valence-electron chi connectivity index (χ1n) is 9.13. The Bertz CT molecular complexity index is 961. The molecule has 1 aliphatic rings. The van der Waals surface area contributed by atoms with E-state index in [1.165, 1.54) is 12.1 Å². The van der Waals surface area contributed by atoms with Crippen LogP contribution in [-0.2, 0) is 10.0 Å². The SMILES string of the molecule is COc1ccc(C(CNS(=O)(=O)c2ccc3c(c2)OCCO3)N(C)C)cc1OC. The molecule has 1 atom stereocenters. The van der Waals surface area contributed by atoms with Crippen LogP contribution in [0.3, 0.4) is 0 Å². The molecule has 29 heavy (non-hydrogen) atoms. The minimum Gasteiger partial charge on any atom is -0.493 e. The van der Waals surface area contributed by atoms with Gasteiger partial charge in [0.05, 0.1) is 19.1 Å². The third-order valence-electron chi connectivity index (χ3n) is 4.71. The zero-order chi connectivity index (χ0) is 21.0. The minimum absolute atomic E-state index is 0.131. The normalized spacial score (nSPS) is 14.5. The number of fused-ring (bicyclic) bond motifs is 1. The van der Waals surface area contributed by atoms with Crippen LogP contribution in [-0.4, -0.2) is 61.4 Å². The summed E-state index contributed by atoms with van der Waals surface area (Å²) in [4.78, 5) is 2.07. The van der Waals surface area contributed by atoms with Crippen molar-refractivity contribution in [2.24, 2.45) is 0 Å². The quantitative estimate of drug-likeness (QED) is 0.697. The molecule has 9 heteroatoms. The van der Waals surface area contributed by atoms with E-state index in [2.05, 4.69) is 4.72 Å². The van der Waals surface area contributed by atoms with Gasteiger partial charge in [-0.2, -0.15) is 0 Å². The minimum atomic E-state index is -3.73. The van der Waals surface area contributed by atoms with Gasteiger partial charge in [-0.3, -0.25) is 0 Å². The highest BCUT2D eigenvalue weighted by Crippen LogP contribution is 2.33. The predicted molar refractivity (Wildman–Crippen MR) is 109 cm³/mol. The molecular weight excluding hydrogens is 396 g/mol. The average molecular weight is 423 g/mol. The van der Waals surface area contributed by atoms with Crippen LogP contribution in [0.1, 0.15) is 11.6 Å². The van der Waals surface area contributed by atoms with Gasteiger partial charge in [-0.15, -0.1) is 0 Å². The van der Waals surface area contributed by atoms with E-state index in [1.807, 2.05) is 31.1 Å². The van der Waals surface area contributed by atoms with Crippen molar-refractivity contribution in [3.63, 3.8) is 0 Å². The molecule has 8 nitrogen and oxygen atoms in total. The molecule has 0 amide bonds. The van der Waals surface area contributed by atoms with Gasteiger partial charge in [0.2, 0.25) is 10.0 Å². The summed E-state index contributed by atoms with van der Waals surface area (Å²) in [5.41, 5.74) is 0.900. The Morgan fingerprint density at radius 2 is 1.69 bits per heavy atom. The number of nitrogens with zero attached hydrogens (tertiary/aromatic N) is 1. The lowest BCUT2D eigenvalue weighted by molar-refractivity contribution is 0.171. The molecule has 0 saturated carbocycles. The zero-order valence-corrected chi connectivity index (χ0v) is 17.8. The summed E-state index contributed by atoms with van der Waals surface area (Å²) in [5, 5.41) is 0. The van der Waals surface area contributed by atoms with Crippen molar-refractivity contribution >= 4 is 10.0 Å². The molecule has 0 saturated heterocycles. The second-order valence-electron chi connectivity index (χ2n) is 6.75. The fourth-order valence-corrected chi connectivity index (χ4v) is 4.17. The van der Waals surface area contributed by atoms with Gasteiger partial charge in [0.25, 0.3) is 0 Å². The van der Waals surface area contributed by atoms with Crippen molar-refractivity contribution in [1.82, 2.24) is 9.62 Å². The van der Waals surface area contributed by atoms with E-state index in [4.69, 9.17) is 18.9 Å². The molecule has 0 spiro atoms. The molecule has 0 aromatic heterocycles. The van der Waals surface area contributed by atoms with Gasteiger partial charge < -0.3 is 23.8 Å². The van der Waals surface area contributed by atoms with E-state index in [9.17, 15) is 8.42 Å². The maximum Gasteiger partial charge on any atom is 0.240 e. The van der Waals surface area contributed by atoms with Crippen molar-refractivity contribution < 1.29 is 27.4 Å². The highest BCUT2D eigenvalue weighted by Gasteiger charge is 2.23. The standard InChI is InChI=1S/C20H26N2O6S/c1-22(2)16(14-5-7-17(25-3)19(11-14)26-4)13-21-29(23,24)15-6-8-18-20(12-15)28-10-9-27-18/h5-8,11-12,16,21H,9-10,13H2,1-4H3. The van der Waals surface area contributed by atoms with E-state index < -0.39 is 10.0 Å². The van der Waals surface area contributed by atoms with Crippen LogP contribution in [0, 0.1) is 0 Å². The Labute approximate surface area is 171 Å². The summed E-state index contributed by atoms with van der Waals surface area (Å²) in [6.07, 6.45) is 0. The van der Waals surface area contributed by atoms with E-state index in [-0.39, 0.29) is 17.5 Å². The van der Waals surface area contributed by atoms with E-state index in [0.717, 1.165) is 5.56 Å². The highest BCUT2D eigenvalue weighted by atomic mass is 32.2. The maximum atomic E-state index is 12.8. The van der Waals surface area contributed by atoms with E-state index in [0.29, 0.717) is 36.2 Å². The number of hydrogen-bond donors (Lipinski definition) is 1. The molecule has 1 heterocycles. The van der Waals surface area contributed by atoms with Crippen molar-refractivity contribution in [2.45, 2.75) is 10.9 Å². The Morgan fingerprint density at radius 3 is 2.34 bits per heavy atom. The van der Waals surface area contributed by atoms with Crippen LogP contribution in [0.25, 0.3) is 0 Å². The van der Waals surface area contributed by atoms with Crippen molar-refractivity contribution in [2.75, 3.05) is 48.1 Å².